The first-order chi connectivity index (χ1) is 11.4. The molecule has 0 saturated carbocycles. The number of aromatic amines is 1. The molecule has 3 rings (SSSR count). The molecule has 0 aliphatic carbocycles. The summed E-state index contributed by atoms with van der Waals surface area (Å²) in [6.07, 6.45) is 0. The van der Waals surface area contributed by atoms with E-state index in [2.05, 4.69) is 25.2 Å². The fourth-order valence-corrected chi connectivity index (χ4v) is 2.71. The average molecular weight is 355 g/mol. The monoisotopic (exact) mass is 355 g/mol. The van der Waals surface area contributed by atoms with Gasteiger partial charge in [-0.25, -0.2) is 4.98 Å². The number of amides is 1. The molecule has 124 valence electrons. The molecule has 2 heterocycles. The van der Waals surface area contributed by atoms with Crippen LogP contribution in [-0.2, 0) is 0 Å². The van der Waals surface area contributed by atoms with Crippen LogP contribution in [0.15, 0.2) is 24.3 Å². The molecule has 1 amide bonds. The molecule has 0 bridgehead atoms. The molecule has 1 aromatic carbocycles. The minimum Gasteiger partial charge on any atom is -0.435 e. The molecule has 0 radical (unpaired) electrons. The van der Waals surface area contributed by atoms with Gasteiger partial charge in [-0.1, -0.05) is 16.4 Å². The molecule has 0 saturated heterocycles. The summed E-state index contributed by atoms with van der Waals surface area (Å²) in [6, 6.07) is 5.15. The van der Waals surface area contributed by atoms with Crippen molar-refractivity contribution in [2.75, 3.05) is 5.32 Å². The third-order valence-corrected chi connectivity index (χ3v) is 3.73. The molecule has 3 aromatic rings. The van der Waals surface area contributed by atoms with Crippen LogP contribution in [-0.4, -0.2) is 32.6 Å². The zero-order valence-corrected chi connectivity index (χ0v) is 12.3. The van der Waals surface area contributed by atoms with Gasteiger partial charge in [0.25, 0.3) is 5.91 Å². The number of benzene rings is 1. The second-order valence-electron chi connectivity index (χ2n) is 4.38. The number of aromatic nitrogens is 3. The molecule has 0 aliphatic heterocycles. The van der Waals surface area contributed by atoms with Crippen LogP contribution < -0.4 is 10.1 Å². The number of ether oxygens (including phenoxy) is 1. The fraction of sp³-hybridized carbons (Fsp3) is 0.0833. The second-order valence-corrected chi connectivity index (χ2v) is 5.41. The van der Waals surface area contributed by atoms with Gasteiger partial charge < -0.3 is 14.9 Å². The van der Waals surface area contributed by atoms with Gasteiger partial charge in [-0.15, -0.1) is 5.10 Å². The molecular formula is C12H7F2N5O4S. The first kappa shape index (κ1) is 15.7. The quantitative estimate of drug-likeness (QED) is 0.536. The maximum atomic E-state index is 12.2. The van der Waals surface area contributed by atoms with Gasteiger partial charge in [-0.05, 0) is 23.1 Å². The number of carbonyl (C=O) groups excluding carboxylic acids is 1. The van der Waals surface area contributed by atoms with Crippen LogP contribution >= 0.6 is 11.3 Å². The minimum atomic E-state index is -2.94. The Hall–Kier alpha value is -3.15. The highest BCUT2D eigenvalue weighted by atomic mass is 32.1. The van der Waals surface area contributed by atoms with Crippen LogP contribution in [0.25, 0.3) is 10.2 Å². The maximum absolute atomic E-state index is 12.2. The maximum Gasteiger partial charge on any atom is 0.387 e. The van der Waals surface area contributed by atoms with Crippen molar-refractivity contribution in [3.05, 3.63) is 40.1 Å². The average Bonchev–Trinajstić information content (AvgIpc) is 3.12. The topological polar surface area (TPSA) is 123 Å². The van der Waals surface area contributed by atoms with E-state index in [0.717, 1.165) is 17.4 Å². The molecule has 0 aliphatic rings. The van der Waals surface area contributed by atoms with Crippen molar-refractivity contribution in [3.8, 4) is 5.75 Å². The molecule has 0 atom stereocenters. The Morgan fingerprint density at radius 2 is 2.21 bits per heavy atom. The number of fused-ring (bicyclic) bond motifs is 1. The number of carbonyl (C=O) groups is 1. The molecular weight excluding hydrogens is 348 g/mol. The Morgan fingerprint density at radius 1 is 1.42 bits per heavy atom. The van der Waals surface area contributed by atoms with Gasteiger partial charge in [0.15, 0.2) is 10.8 Å². The van der Waals surface area contributed by atoms with Crippen molar-refractivity contribution in [1.82, 2.24) is 15.2 Å². The Labute approximate surface area is 135 Å². The number of hydrogen-bond donors (Lipinski definition) is 2. The van der Waals surface area contributed by atoms with Crippen LogP contribution in [0.1, 0.15) is 10.5 Å². The Bertz CT molecular complexity index is 925. The van der Waals surface area contributed by atoms with Crippen molar-refractivity contribution in [1.29, 1.82) is 0 Å². The molecule has 2 N–H and O–H groups in total. The van der Waals surface area contributed by atoms with Gasteiger partial charge >= 0.3 is 12.4 Å². The van der Waals surface area contributed by atoms with Crippen LogP contribution in [0.3, 0.4) is 0 Å². The summed E-state index contributed by atoms with van der Waals surface area (Å²) >= 11 is 1.03. The van der Waals surface area contributed by atoms with Crippen molar-refractivity contribution < 1.29 is 23.2 Å². The number of halogens is 2. The number of nitrogens with one attached hydrogen (secondary N) is 2. The van der Waals surface area contributed by atoms with Crippen molar-refractivity contribution in [2.24, 2.45) is 0 Å². The van der Waals surface area contributed by atoms with E-state index in [1.165, 1.54) is 18.2 Å². The van der Waals surface area contributed by atoms with Crippen LogP contribution in [0.5, 0.6) is 5.75 Å². The Balaban J connectivity index is 1.79. The molecule has 0 spiro atoms. The lowest BCUT2D eigenvalue weighted by molar-refractivity contribution is -0.389. The molecule has 9 nitrogen and oxygen atoms in total. The number of nitro groups is 1. The number of thiazole rings is 1. The van der Waals surface area contributed by atoms with Gasteiger partial charge in [0.2, 0.25) is 0 Å². The van der Waals surface area contributed by atoms with Gasteiger partial charge in [0, 0.05) is 0 Å². The largest absolute Gasteiger partial charge is 0.435 e. The van der Waals surface area contributed by atoms with Crippen LogP contribution in [0, 0.1) is 10.1 Å². The van der Waals surface area contributed by atoms with Crippen molar-refractivity contribution in [2.45, 2.75) is 6.61 Å². The highest BCUT2D eigenvalue weighted by Crippen LogP contribution is 2.30. The molecule has 24 heavy (non-hydrogen) atoms. The van der Waals surface area contributed by atoms with E-state index in [-0.39, 0.29) is 16.6 Å². The van der Waals surface area contributed by atoms with Crippen LogP contribution in [0.4, 0.5) is 19.7 Å². The minimum absolute atomic E-state index is 0.0260. The summed E-state index contributed by atoms with van der Waals surface area (Å²) in [5.41, 5.74) is 0.299. The number of alkyl halides is 2. The van der Waals surface area contributed by atoms with E-state index in [1.54, 1.807) is 0 Å². The SMILES string of the molecule is O=C(Nc1nc2ccc(OC(F)F)cc2s1)c1cc([N+](=O)[O-])[nH]n1. The normalized spacial score (nSPS) is 11.0. The van der Waals surface area contributed by atoms with E-state index in [0.29, 0.717) is 10.2 Å². The molecule has 0 unspecified atom stereocenters. The summed E-state index contributed by atoms with van der Waals surface area (Å²) in [5.74, 6) is -1.14. The third-order valence-electron chi connectivity index (χ3n) is 2.80. The van der Waals surface area contributed by atoms with E-state index >= 15 is 0 Å². The highest BCUT2D eigenvalue weighted by Gasteiger charge is 2.18. The standard InChI is InChI=1S/C12H7F2N5O4S/c13-11(14)23-5-1-2-6-8(3-5)24-12(15-6)16-10(20)7-4-9(18-17-7)19(21)22/h1-4,11H,(H,17,18)(H,15,16,20). The number of rotatable bonds is 5. The summed E-state index contributed by atoms with van der Waals surface area (Å²) < 4.78 is 29.2. The Morgan fingerprint density at radius 3 is 2.88 bits per heavy atom. The van der Waals surface area contributed by atoms with E-state index in [9.17, 15) is 23.7 Å². The highest BCUT2D eigenvalue weighted by molar-refractivity contribution is 7.22. The zero-order valence-electron chi connectivity index (χ0n) is 11.5. The summed E-state index contributed by atoms with van der Waals surface area (Å²) in [4.78, 5) is 25.9. The van der Waals surface area contributed by atoms with Gasteiger partial charge in [-0.2, -0.15) is 8.78 Å². The first-order valence-electron chi connectivity index (χ1n) is 6.29. The van der Waals surface area contributed by atoms with E-state index in [1.807, 2.05) is 0 Å². The second kappa shape index (κ2) is 6.16. The molecule has 0 fully saturated rings. The van der Waals surface area contributed by atoms with Gasteiger partial charge in [0.1, 0.15) is 5.75 Å². The van der Waals surface area contributed by atoms with Crippen LogP contribution in [0.2, 0.25) is 0 Å². The summed E-state index contributed by atoms with van der Waals surface area (Å²) in [7, 11) is 0. The predicted molar refractivity (Wildman–Crippen MR) is 79.4 cm³/mol. The predicted octanol–water partition coefficient (Wildman–Crippen LogP) is 2.78. The van der Waals surface area contributed by atoms with E-state index < -0.39 is 23.3 Å². The smallest absolute Gasteiger partial charge is 0.387 e. The number of nitrogens with zero attached hydrogens (tertiary/aromatic N) is 3. The number of anilines is 1. The summed E-state index contributed by atoms with van der Waals surface area (Å²) in [6.45, 7) is -2.94. The zero-order chi connectivity index (χ0) is 17.3. The van der Waals surface area contributed by atoms with Crippen molar-refractivity contribution >= 4 is 38.4 Å². The van der Waals surface area contributed by atoms with E-state index in [4.69, 9.17) is 0 Å². The summed E-state index contributed by atoms with van der Waals surface area (Å²) in [5, 5.41) is 18.8. The van der Waals surface area contributed by atoms with Gasteiger partial charge in [0.05, 0.1) is 16.3 Å². The first-order valence-corrected chi connectivity index (χ1v) is 7.10. The lowest BCUT2D eigenvalue weighted by Gasteiger charge is -2.02. The lowest BCUT2D eigenvalue weighted by atomic mass is 10.3. The molecule has 2 aromatic heterocycles. The molecule has 12 heteroatoms. The van der Waals surface area contributed by atoms with Crippen molar-refractivity contribution in [3.63, 3.8) is 0 Å². The fourth-order valence-electron chi connectivity index (χ4n) is 1.82. The number of hydrogen-bond acceptors (Lipinski definition) is 7. The number of H-pyrrole nitrogens is 1. The lowest BCUT2D eigenvalue weighted by Crippen LogP contribution is -2.12. The van der Waals surface area contributed by atoms with Gasteiger partial charge in [-0.3, -0.25) is 10.1 Å². The Kier molecular flexibility index (Phi) is 4.04. The third kappa shape index (κ3) is 3.27.